The van der Waals surface area contributed by atoms with Crippen molar-refractivity contribution >= 4 is 11.9 Å². The zero-order valence-electron chi connectivity index (χ0n) is 13.9. The van der Waals surface area contributed by atoms with Gasteiger partial charge in [-0.1, -0.05) is 27.2 Å². The maximum absolute atomic E-state index is 12.1. The third-order valence-corrected chi connectivity index (χ3v) is 5.39. The fourth-order valence-corrected chi connectivity index (χ4v) is 3.71. The lowest BCUT2D eigenvalue weighted by atomic mass is 9.75. The van der Waals surface area contributed by atoms with E-state index in [4.69, 9.17) is 4.74 Å². The molecule has 0 heterocycles. The van der Waals surface area contributed by atoms with Crippen LogP contribution in [0, 0.1) is 17.8 Å². The Morgan fingerprint density at radius 1 is 1.32 bits per heavy atom. The molecule has 0 spiro atoms. The summed E-state index contributed by atoms with van der Waals surface area (Å²) in [4.78, 5) is 23.3. The van der Waals surface area contributed by atoms with Gasteiger partial charge in [-0.25, -0.2) is 4.79 Å². The average Bonchev–Trinajstić information content (AvgIpc) is 2.39. The summed E-state index contributed by atoms with van der Waals surface area (Å²) in [6.07, 6.45) is 5.34. The SMILES string of the molecule is CC1CCC(C(C)C)C(OCC(=O)NC2(C(=O)O)CCC2)C1. The van der Waals surface area contributed by atoms with Crippen molar-refractivity contribution in [2.24, 2.45) is 17.8 Å². The summed E-state index contributed by atoms with van der Waals surface area (Å²) in [5.41, 5.74) is -1.04. The summed E-state index contributed by atoms with van der Waals surface area (Å²) < 4.78 is 5.88. The lowest BCUT2D eigenvalue weighted by Gasteiger charge is -2.39. The summed E-state index contributed by atoms with van der Waals surface area (Å²) in [5, 5.41) is 11.9. The second-order valence-electron chi connectivity index (χ2n) is 7.46. The first kappa shape index (κ1) is 17.3. The second kappa shape index (κ2) is 6.99. The fourth-order valence-electron chi connectivity index (χ4n) is 3.71. The highest BCUT2D eigenvalue weighted by atomic mass is 16.5. The zero-order valence-corrected chi connectivity index (χ0v) is 13.9. The molecule has 2 fully saturated rings. The van der Waals surface area contributed by atoms with E-state index < -0.39 is 11.5 Å². The van der Waals surface area contributed by atoms with Crippen LogP contribution in [0.25, 0.3) is 0 Å². The molecule has 2 rings (SSSR count). The number of amides is 1. The van der Waals surface area contributed by atoms with Gasteiger partial charge in [-0.2, -0.15) is 0 Å². The van der Waals surface area contributed by atoms with E-state index in [-0.39, 0.29) is 18.6 Å². The standard InChI is InChI=1S/C17H29NO4/c1-11(2)13-6-5-12(3)9-14(13)22-10-15(19)18-17(16(20)21)7-4-8-17/h11-14H,4-10H2,1-3H3,(H,18,19)(H,20,21). The summed E-state index contributed by atoms with van der Waals surface area (Å²) in [7, 11) is 0. The first-order valence-corrected chi connectivity index (χ1v) is 8.50. The maximum atomic E-state index is 12.1. The van der Waals surface area contributed by atoms with Crippen LogP contribution in [0.3, 0.4) is 0 Å². The van der Waals surface area contributed by atoms with Crippen molar-refractivity contribution in [3.63, 3.8) is 0 Å². The summed E-state index contributed by atoms with van der Waals surface area (Å²) in [5.74, 6) is 0.417. The molecule has 2 N–H and O–H groups in total. The number of ether oxygens (including phenoxy) is 1. The molecule has 0 aromatic rings. The van der Waals surface area contributed by atoms with Crippen molar-refractivity contribution in [3.8, 4) is 0 Å². The Kier molecular flexibility index (Phi) is 5.48. The van der Waals surface area contributed by atoms with Gasteiger partial charge in [-0.3, -0.25) is 4.79 Å². The minimum absolute atomic E-state index is 0.0321. The van der Waals surface area contributed by atoms with E-state index in [9.17, 15) is 14.7 Å². The van der Waals surface area contributed by atoms with Crippen molar-refractivity contribution in [1.29, 1.82) is 0 Å². The number of carboxylic acid groups (broad SMARTS) is 1. The molecular formula is C17H29NO4. The Balaban J connectivity index is 1.85. The number of hydrogen-bond acceptors (Lipinski definition) is 3. The van der Waals surface area contributed by atoms with Gasteiger partial charge in [0.2, 0.25) is 5.91 Å². The van der Waals surface area contributed by atoms with E-state index in [1.807, 2.05) is 0 Å². The first-order valence-electron chi connectivity index (χ1n) is 8.50. The Morgan fingerprint density at radius 2 is 2.00 bits per heavy atom. The molecular weight excluding hydrogens is 282 g/mol. The van der Waals surface area contributed by atoms with E-state index in [2.05, 4.69) is 26.1 Å². The van der Waals surface area contributed by atoms with Gasteiger partial charge in [0.25, 0.3) is 0 Å². The molecule has 0 saturated heterocycles. The van der Waals surface area contributed by atoms with Crippen LogP contribution in [0.4, 0.5) is 0 Å². The van der Waals surface area contributed by atoms with Crippen molar-refractivity contribution in [2.45, 2.75) is 70.9 Å². The van der Waals surface area contributed by atoms with Crippen molar-refractivity contribution in [3.05, 3.63) is 0 Å². The molecule has 5 nitrogen and oxygen atoms in total. The molecule has 3 unspecified atom stereocenters. The van der Waals surface area contributed by atoms with Gasteiger partial charge >= 0.3 is 5.97 Å². The molecule has 5 heteroatoms. The minimum atomic E-state index is -1.04. The highest BCUT2D eigenvalue weighted by molar-refractivity contribution is 5.88. The average molecular weight is 311 g/mol. The van der Waals surface area contributed by atoms with Gasteiger partial charge in [0.1, 0.15) is 12.1 Å². The number of aliphatic carboxylic acids is 1. The molecule has 0 radical (unpaired) electrons. The fraction of sp³-hybridized carbons (Fsp3) is 0.882. The van der Waals surface area contributed by atoms with Gasteiger partial charge < -0.3 is 15.2 Å². The van der Waals surface area contributed by atoms with E-state index >= 15 is 0 Å². The molecule has 2 aliphatic carbocycles. The van der Waals surface area contributed by atoms with E-state index in [0.29, 0.717) is 30.6 Å². The largest absolute Gasteiger partial charge is 0.480 e. The van der Waals surface area contributed by atoms with Crippen LogP contribution in [-0.2, 0) is 14.3 Å². The molecule has 0 aromatic carbocycles. The smallest absolute Gasteiger partial charge is 0.329 e. The van der Waals surface area contributed by atoms with E-state index in [1.165, 1.54) is 6.42 Å². The molecule has 3 atom stereocenters. The van der Waals surface area contributed by atoms with Crippen LogP contribution in [0.5, 0.6) is 0 Å². The second-order valence-corrected chi connectivity index (χ2v) is 7.46. The molecule has 0 bridgehead atoms. The number of nitrogens with one attached hydrogen (secondary N) is 1. The summed E-state index contributed by atoms with van der Waals surface area (Å²) in [6, 6.07) is 0. The van der Waals surface area contributed by atoms with Crippen LogP contribution >= 0.6 is 0 Å². The van der Waals surface area contributed by atoms with Gasteiger partial charge in [-0.05, 0) is 49.9 Å². The van der Waals surface area contributed by atoms with Crippen molar-refractivity contribution in [2.75, 3.05) is 6.61 Å². The Bertz CT molecular complexity index is 417. The molecule has 0 aliphatic heterocycles. The third-order valence-electron chi connectivity index (χ3n) is 5.39. The monoisotopic (exact) mass is 311 g/mol. The number of carbonyl (C=O) groups is 2. The topological polar surface area (TPSA) is 75.6 Å². The van der Waals surface area contributed by atoms with E-state index in [1.54, 1.807) is 0 Å². The molecule has 1 amide bonds. The maximum Gasteiger partial charge on any atom is 0.329 e. The number of hydrogen-bond donors (Lipinski definition) is 2. The predicted octanol–water partition coefficient (Wildman–Crippen LogP) is 2.59. The normalized spacial score (nSPS) is 30.6. The number of rotatable bonds is 6. The number of carbonyl (C=O) groups excluding carboxylic acids is 1. The number of carboxylic acids is 1. The molecule has 2 aliphatic rings. The summed E-state index contributed by atoms with van der Waals surface area (Å²) >= 11 is 0. The molecule has 0 aromatic heterocycles. The van der Waals surface area contributed by atoms with Crippen LogP contribution in [-0.4, -0.2) is 35.2 Å². The van der Waals surface area contributed by atoms with Crippen LogP contribution < -0.4 is 5.32 Å². The van der Waals surface area contributed by atoms with Gasteiger partial charge in [0, 0.05) is 0 Å². The van der Waals surface area contributed by atoms with Gasteiger partial charge in [-0.15, -0.1) is 0 Å². The molecule has 2 saturated carbocycles. The predicted molar refractivity (Wildman–Crippen MR) is 83.4 cm³/mol. The minimum Gasteiger partial charge on any atom is -0.480 e. The molecule has 22 heavy (non-hydrogen) atoms. The van der Waals surface area contributed by atoms with Crippen molar-refractivity contribution < 1.29 is 19.4 Å². The van der Waals surface area contributed by atoms with Gasteiger partial charge in [0.05, 0.1) is 6.10 Å². The van der Waals surface area contributed by atoms with Crippen LogP contribution in [0.15, 0.2) is 0 Å². The molecule has 126 valence electrons. The first-order chi connectivity index (χ1) is 10.3. The highest BCUT2D eigenvalue weighted by Crippen LogP contribution is 2.35. The van der Waals surface area contributed by atoms with Crippen LogP contribution in [0.1, 0.15) is 59.3 Å². The third kappa shape index (κ3) is 3.80. The Hall–Kier alpha value is -1.10. The summed E-state index contributed by atoms with van der Waals surface area (Å²) in [6.45, 7) is 6.59. The van der Waals surface area contributed by atoms with Crippen molar-refractivity contribution in [1.82, 2.24) is 5.32 Å². The lowest BCUT2D eigenvalue weighted by molar-refractivity contribution is -0.153. The quantitative estimate of drug-likeness (QED) is 0.790. The Labute approximate surface area is 132 Å². The van der Waals surface area contributed by atoms with E-state index in [0.717, 1.165) is 19.3 Å². The Morgan fingerprint density at radius 3 is 2.50 bits per heavy atom. The lowest BCUT2D eigenvalue weighted by Crippen LogP contribution is -2.60. The van der Waals surface area contributed by atoms with Crippen LogP contribution in [0.2, 0.25) is 0 Å². The van der Waals surface area contributed by atoms with Gasteiger partial charge in [0.15, 0.2) is 0 Å². The highest BCUT2D eigenvalue weighted by Gasteiger charge is 2.45. The zero-order chi connectivity index (χ0) is 16.3.